The number of esters is 1. The minimum absolute atomic E-state index is 0.0520. The third kappa shape index (κ3) is 4.66. The van der Waals surface area contributed by atoms with E-state index in [1.165, 1.54) is 6.92 Å². The summed E-state index contributed by atoms with van der Waals surface area (Å²) in [5, 5.41) is 0.0953. The lowest BCUT2D eigenvalue weighted by atomic mass is 9.90. The molecule has 0 amide bonds. The van der Waals surface area contributed by atoms with Gasteiger partial charge in [-0.15, -0.1) is 0 Å². The Bertz CT molecular complexity index is 655. The second kappa shape index (κ2) is 7.05. The van der Waals surface area contributed by atoms with E-state index in [2.05, 4.69) is 9.97 Å². The summed E-state index contributed by atoms with van der Waals surface area (Å²) in [5.74, 6) is 0.433. The summed E-state index contributed by atoms with van der Waals surface area (Å²) in [6.45, 7) is 7.74. The quantitative estimate of drug-likeness (QED) is 0.598. The molecule has 1 aromatic rings. The first-order valence-corrected chi connectivity index (χ1v) is 8.41. The molecule has 0 aliphatic heterocycles. The molecule has 0 fully saturated rings. The van der Waals surface area contributed by atoms with Crippen molar-refractivity contribution in [3.8, 4) is 0 Å². The van der Waals surface area contributed by atoms with Gasteiger partial charge in [0.1, 0.15) is 11.9 Å². The van der Waals surface area contributed by atoms with Crippen molar-refractivity contribution in [1.29, 1.82) is 0 Å². The van der Waals surface area contributed by atoms with E-state index in [0.717, 1.165) is 5.56 Å². The lowest BCUT2D eigenvalue weighted by Crippen LogP contribution is -2.29. The van der Waals surface area contributed by atoms with Crippen molar-refractivity contribution in [2.24, 2.45) is 5.41 Å². The number of likely N-dealkylation sites (N-methyl/N-ethyl adjacent to an activating group) is 1. The summed E-state index contributed by atoms with van der Waals surface area (Å²) in [6, 6.07) is 0. The summed E-state index contributed by atoms with van der Waals surface area (Å²) in [6.07, 6.45) is 1.45. The molecule has 1 aromatic heterocycles. The molecule has 24 heavy (non-hydrogen) atoms. The number of hydrogen-bond acceptors (Lipinski definition) is 6. The van der Waals surface area contributed by atoms with Gasteiger partial charge < -0.3 is 9.64 Å². The smallest absolute Gasteiger partial charge is 0.303 e. The zero-order valence-electron chi connectivity index (χ0n) is 14.9. The molecule has 7 heteroatoms. The molecule has 2 rings (SSSR count). The molecule has 1 aliphatic rings. The molecule has 0 spiro atoms. The molecule has 0 radical (unpaired) electrons. The first-order valence-electron chi connectivity index (χ1n) is 8.03. The number of ether oxygens (including phenoxy) is 1. The zero-order valence-corrected chi connectivity index (χ0v) is 15.6. The number of fused-ring (bicyclic) bond motifs is 1. The molecule has 0 saturated heterocycles. The molecule has 132 valence electrons. The fraction of sp³-hybridized carbons (Fsp3) is 0.647. The van der Waals surface area contributed by atoms with Crippen molar-refractivity contribution in [3.63, 3.8) is 0 Å². The zero-order chi connectivity index (χ0) is 18.1. The minimum Gasteiger partial charge on any atom is -0.456 e. The van der Waals surface area contributed by atoms with E-state index >= 15 is 0 Å². The summed E-state index contributed by atoms with van der Waals surface area (Å²) in [7, 11) is 1.82. The van der Waals surface area contributed by atoms with Crippen LogP contribution in [0.3, 0.4) is 0 Å². The van der Waals surface area contributed by atoms with Crippen molar-refractivity contribution in [2.45, 2.75) is 53.1 Å². The predicted octanol–water partition coefficient (Wildman–Crippen LogP) is 3.12. The highest BCUT2D eigenvalue weighted by Gasteiger charge is 2.31. The van der Waals surface area contributed by atoms with Crippen LogP contribution in [-0.4, -0.2) is 35.3 Å². The molecular formula is C17H24ClN3O3. The van der Waals surface area contributed by atoms with Crippen LogP contribution in [0, 0.1) is 5.41 Å². The maximum absolute atomic E-state index is 12.2. The van der Waals surface area contributed by atoms with Crippen LogP contribution in [0.5, 0.6) is 0 Å². The van der Waals surface area contributed by atoms with E-state index in [-0.39, 0.29) is 29.0 Å². The maximum Gasteiger partial charge on any atom is 0.303 e. The summed E-state index contributed by atoms with van der Waals surface area (Å²) in [4.78, 5) is 33.8. The Kier molecular flexibility index (Phi) is 5.48. The van der Waals surface area contributed by atoms with Gasteiger partial charge in [-0.25, -0.2) is 9.97 Å². The first-order chi connectivity index (χ1) is 11.1. The van der Waals surface area contributed by atoms with Crippen LogP contribution >= 0.6 is 11.6 Å². The highest BCUT2D eigenvalue weighted by molar-refractivity contribution is 6.28. The Balaban J connectivity index is 2.22. The molecule has 0 aromatic carbocycles. The highest BCUT2D eigenvalue weighted by Crippen LogP contribution is 2.37. The van der Waals surface area contributed by atoms with Gasteiger partial charge in [-0.2, -0.15) is 0 Å². The van der Waals surface area contributed by atoms with E-state index in [4.69, 9.17) is 16.3 Å². The van der Waals surface area contributed by atoms with Gasteiger partial charge >= 0.3 is 5.97 Å². The molecule has 1 aliphatic carbocycles. The Morgan fingerprint density at radius 1 is 1.33 bits per heavy atom. The van der Waals surface area contributed by atoms with Crippen LogP contribution < -0.4 is 4.90 Å². The van der Waals surface area contributed by atoms with E-state index < -0.39 is 6.10 Å². The molecule has 0 saturated carbocycles. The number of anilines is 1. The van der Waals surface area contributed by atoms with Gasteiger partial charge in [0, 0.05) is 26.0 Å². The second-order valence-electron chi connectivity index (χ2n) is 7.45. The van der Waals surface area contributed by atoms with E-state index in [9.17, 15) is 9.59 Å². The number of hydrogen-bond donors (Lipinski definition) is 0. The average Bonchev–Trinajstić information content (AvgIpc) is 2.77. The van der Waals surface area contributed by atoms with Crippen molar-refractivity contribution in [3.05, 3.63) is 16.5 Å². The highest BCUT2D eigenvalue weighted by atomic mass is 35.5. The number of nitrogens with zero attached hydrogens (tertiary/aromatic N) is 3. The number of halogens is 1. The van der Waals surface area contributed by atoms with Gasteiger partial charge in [-0.05, 0) is 29.9 Å². The fourth-order valence-corrected chi connectivity index (χ4v) is 3.17. The van der Waals surface area contributed by atoms with Gasteiger partial charge in [0.2, 0.25) is 5.28 Å². The van der Waals surface area contributed by atoms with Crippen LogP contribution in [0.15, 0.2) is 0 Å². The second-order valence-corrected chi connectivity index (χ2v) is 7.79. The summed E-state index contributed by atoms with van der Waals surface area (Å²) < 4.78 is 5.30. The Labute approximate surface area is 147 Å². The first kappa shape index (κ1) is 18.6. The largest absolute Gasteiger partial charge is 0.456 e. The van der Waals surface area contributed by atoms with Crippen molar-refractivity contribution in [2.75, 3.05) is 18.5 Å². The van der Waals surface area contributed by atoms with Gasteiger partial charge in [-0.1, -0.05) is 20.8 Å². The van der Waals surface area contributed by atoms with Crippen LogP contribution in [0.25, 0.3) is 0 Å². The molecule has 1 unspecified atom stereocenters. The number of rotatable bonds is 5. The fourth-order valence-electron chi connectivity index (χ4n) is 3.00. The SMILES string of the molecule is CC(=O)OC1CCc2c1nc(Cl)nc2N(C)CC(=O)CC(C)(C)C. The summed E-state index contributed by atoms with van der Waals surface area (Å²) >= 11 is 6.04. The molecule has 1 atom stereocenters. The maximum atomic E-state index is 12.2. The van der Waals surface area contributed by atoms with Gasteiger partial charge in [-0.3, -0.25) is 9.59 Å². The topological polar surface area (TPSA) is 72.4 Å². The number of aromatic nitrogens is 2. The number of carbonyl (C=O) groups is 2. The van der Waals surface area contributed by atoms with E-state index in [1.807, 2.05) is 27.8 Å². The van der Waals surface area contributed by atoms with Gasteiger partial charge in [0.15, 0.2) is 5.78 Å². The van der Waals surface area contributed by atoms with Crippen LogP contribution in [0.1, 0.15) is 57.9 Å². The van der Waals surface area contributed by atoms with Crippen LogP contribution in [0.2, 0.25) is 5.28 Å². The standard InChI is InChI=1S/C17H24ClN3O3/c1-10(22)24-13-7-6-12-14(13)19-16(18)20-15(12)21(5)9-11(23)8-17(2,3)4/h13H,6-9H2,1-5H3. The lowest BCUT2D eigenvalue weighted by molar-refractivity contribution is -0.146. The van der Waals surface area contributed by atoms with Gasteiger partial charge in [0.25, 0.3) is 0 Å². The molecule has 0 bridgehead atoms. The number of ketones is 1. The van der Waals surface area contributed by atoms with Crippen molar-refractivity contribution in [1.82, 2.24) is 9.97 Å². The molecular weight excluding hydrogens is 330 g/mol. The van der Waals surface area contributed by atoms with Crippen molar-refractivity contribution < 1.29 is 14.3 Å². The van der Waals surface area contributed by atoms with Crippen LogP contribution in [-0.2, 0) is 20.7 Å². The van der Waals surface area contributed by atoms with E-state index in [1.54, 1.807) is 4.90 Å². The number of carbonyl (C=O) groups excluding carboxylic acids is 2. The normalized spacial score (nSPS) is 16.7. The third-order valence-corrected chi connectivity index (χ3v) is 3.93. The average molecular weight is 354 g/mol. The predicted molar refractivity (Wildman–Crippen MR) is 92.2 cm³/mol. The third-order valence-electron chi connectivity index (χ3n) is 3.76. The van der Waals surface area contributed by atoms with E-state index in [0.29, 0.717) is 30.8 Å². The van der Waals surface area contributed by atoms with Crippen molar-refractivity contribution >= 4 is 29.2 Å². The van der Waals surface area contributed by atoms with Gasteiger partial charge in [0.05, 0.1) is 12.2 Å². The molecule has 6 nitrogen and oxygen atoms in total. The summed E-state index contributed by atoms with van der Waals surface area (Å²) in [5.41, 5.74) is 1.50. The Morgan fingerprint density at radius 3 is 2.58 bits per heavy atom. The molecule has 1 heterocycles. The lowest BCUT2D eigenvalue weighted by Gasteiger charge is -2.23. The number of Topliss-reactive ketones (excluding diaryl/α,β-unsaturated/α-hetero) is 1. The molecule has 0 N–H and O–H groups in total. The van der Waals surface area contributed by atoms with Crippen LogP contribution in [0.4, 0.5) is 5.82 Å². The Hall–Kier alpha value is -1.69. The Morgan fingerprint density at radius 2 is 2.00 bits per heavy atom. The monoisotopic (exact) mass is 353 g/mol. The minimum atomic E-state index is -0.393.